The second-order valence-electron chi connectivity index (χ2n) is 6.11. The van der Waals surface area contributed by atoms with E-state index in [0.29, 0.717) is 27.3 Å². The van der Waals surface area contributed by atoms with Crippen molar-refractivity contribution < 1.29 is 13.6 Å². The minimum atomic E-state index is -0.416. The van der Waals surface area contributed by atoms with Crippen LogP contribution in [0.4, 0.5) is 5.69 Å². The molecule has 2 aromatic heterocycles. The predicted octanol–water partition coefficient (Wildman–Crippen LogP) is 5.06. The largest absolute Gasteiger partial charge is 0.451 e. The molecule has 5 nitrogen and oxygen atoms in total. The molecule has 0 aliphatic carbocycles. The lowest BCUT2D eigenvalue weighted by molar-refractivity contribution is 0.0998. The number of anilines is 1. The summed E-state index contributed by atoms with van der Waals surface area (Å²) in [5.74, 6) is -0.120. The summed E-state index contributed by atoms with van der Waals surface area (Å²) in [6.07, 6.45) is 0. The third kappa shape index (κ3) is 2.76. The first-order valence-electron chi connectivity index (χ1n) is 7.97. The summed E-state index contributed by atoms with van der Waals surface area (Å²) >= 11 is 6.17. The Morgan fingerprint density at radius 2 is 1.81 bits per heavy atom. The van der Waals surface area contributed by atoms with E-state index in [4.69, 9.17) is 20.4 Å². The topological polar surface area (TPSA) is 72.5 Å². The van der Waals surface area contributed by atoms with Crippen LogP contribution >= 0.6 is 11.6 Å². The number of aryl methyl sites for hydroxylation is 2. The van der Waals surface area contributed by atoms with Crippen molar-refractivity contribution in [3.05, 3.63) is 74.8 Å². The molecule has 1 N–H and O–H groups in total. The number of nitrogens with one attached hydrogen (secondary N) is 1. The first-order chi connectivity index (χ1) is 12.4. The van der Waals surface area contributed by atoms with E-state index in [0.717, 1.165) is 16.5 Å². The van der Waals surface area contributed by atoms with Gasteiger partial charge in [0.1, 0.15) is 11.2 Å². The number of fused-ring (bicyclic) bond motifs is 2. The Balaban J connectivity index is 1.70. The maximum atomic E-state index is 12.7. The van der Waals surface area contributed by atoms with Crippen molar-refractivity contribution in [1.29, 1.82) is 0 Å². The van der Waals surface area contributed by atoms with Gasteiger partial charge in [-0.1, -0.05) is 11.6 Å². The first-order valence-corrected chi connectivity index (χ1v) is 8.35. The Morgan fingerprint density at radius 1 is 1.00 bits per heavy atom. The van der Waals surface area contributed by atoms with Gasteiger partial charge in [-0.25, -0.2) is 4.79 Å². The molecule has 130 valence electrons. The van der Waals surface area contributed by atoms with Crippen LogP contribution < -0.4 is 10.9 Å². The van der Waals surface area contributed by atoms with Crippen LogP contribution in [0.5, 0.6) is 0 Å². The second kappa shape index (κ2) is 6.04. The third-order valence-electron chi connectivity index (χ3n) is 4.30. The van der Waals surface area contributed by atoms with Crippen molar-refractivity contribution in [2.24, 2.45) is 0 Å². The molecule has 0 saturated heterocycles. The molecule has 0 atom stereocenters. The van der Waals surface area contributed by atoms with Gasteiger partial charge in [0, 0.05) is 33.1 Å². The SMILES string of the molecule is Cc1cc2oc(C(=O)Nc3ccc4oc(=O)ccc4c3)c(C)c2cc1Cl. The molecule has 2 heterocycles. The van der Waals surface area contributed by atoms with Gasteiger partial charge in [0.25, 0.3) is 5.91 Å². The molecule has 0 saturated carbocycles. The number of hydrogen-bond acceptors (Lipinski definition) is 4. The van der Waals surface area contributed by atoms with Crippen LogP contribution in [0.2, 0.25) is 5.02 Å². The third-order valence-corrected chi connectivity index (χ3v) is 4.71. The number of carbonyl (C=O) groups excluding carboxylic acids is 1. The normalized spacial score (nSPS) is 11.2. The summed E-state index contributed by atoms with van der Waals surface area (Å²) in [5.41, 5.74) is 2.85. The van der Waals surface area contributed by atoms with Crippen LogP contribution in [0.15, 0.2) is 56.1 Å². The van der Waals surface area contributed by atoms with Gasteiger partial charge < -0.3 is 14.2 Å². The van der Waals surface area contributed by atoms with Crippen molar-refractivity contribution in [2.45, 2.75) is 13.8 Å². The van der Waals surface area contributed by atoms with E-state index in [9.17, 15) is 9.59 Å². The highest BCUT2D eigenvalue weighted by molar-refractivity contribution is 6.32. The van der Waals surface area contributed by atoms with E-state index in [-0.39, 0.29) is 11.7 Å². The number of hydrogen-bond donors (Lipinski definition) is 1. The monoisotopic (exact) mass is 367 g/mol. The lowest BCUT2D eigenvalue weighted by Gasteiger charge is -2.05. The summed E-state index contributed by atoms with van der Waals surface area (Å²) in [6.45, 7) is 3.70. The molecule has 2 aromatic carbocycles. The second-order valence-corrected chi connectivity index (χ2v) is 6.52. The summed E-state index contributed by atoms with van der Waals surface area (Å²) in [5, 5.41) is 4.96. The minimum absolute atomic E-state index is 0.237. The van der Waals surface area contributed by atoms with Crippen molar-refractivity contribution in [3.8, 4) is 0 Å². The fourth-order valence-electron chi connectivity index (χ4n) is 2.90. The van der Waals surface area contributed by atoms with Gasteiger partial charge in [-0.05, 0) is 55.8 Å². The lowest BCUT2D eigenvalue weighted by atomic mass is 10.1. The lowest BCUT2D eigenvalue weighted by Crippen LogP contribution is -2.12. The molecule has 4 rings (SSSR count). The van der Waals surface area contributed by atoms with E-state index >= 15 is 0 Å². The summed E-state index contributed by atoms with van der Waals surface area (Å²) in [4.78, 5) is 23.9. The maximum absolute atomic E-state index is 12.7. The van der Waals surface area contributed by atoms with Crippen molar-refractivity contribution in [2.75, 3.05) is 5.32 Å². The molecule has 0 aliphatic heterocycles. The Hall–Kier alpha value is -3.05. The highest BCUT2D eigenvalue weighted by Gasteiger charge is 2.19. The Kier molecular flexibility index (Phi) is 3.81. The van der Waals surface area contributed by atoms with Gasteiger partial charge in [0.05, 0.1) is 0 Å². The van der Waals surface area contributed by atoms with E-state index in [1.165, 1.54) is 6.07 Å². The average molecular weight is 368 g/mol. The number of amides is 1. The quantitative estimate of drug-likeness (QED) is 0.502. The van der Waals surface area contributed by atoms with Crippen LogP contribution in [0.3, 0.4) is 0 Å². The van der Waals surface area contributed by atoms with Crippen LogP contribution in [0, 0.1) is 13.8 Å². The Labute approximate surface area is 153 Å². The van der Waals surface area contributed by atoms with Crippen LogP contribution in [0.1, 0.15) is 21.7 Å². The van der Waals surface area contributed by atoms with Gasteiger partial charge in [-0.3, -0.25) is 4.79 Å². The molecular weight excluding hydrogens is 354 g/mol. The molecule has 0 unspecified atom stereocenters. The first kappa shape index (κ1) is 16.4. The predicted molar refractivity (Wildman–Crippen MR) is 101 cm³/mol. The fourth-order valence-corrected chi connectivity index (χ4v) is 3.06. The highest BCUT2D eigenvalue weighted by Crippen LogP contribution is 2.30. The van der Waals surface area contributed by atoms with Crippen molar-refractivity contribution in [3.63, 3.8) is 0 Å². The smallest absolute Gasteiger partial charge is 0.336 e. The summed E-state index contributed by atoms with van der Waals surface area (Å²) in [7, 11) is 0. The molecule has 0 bridgehead atoms. The maximum Gasteiger partial charge on any atom is 0.336 e. The average Bonchev–Trinajstić information content (AvgIpc) is 2.92. The molecule has 0 radical (unpaired) electrons. The standard InChI is InChI=1S/C20H14ClNO4/c1-10-7-17-14(9-15(10)21)11(2)19(26-17)20(24)22-13-4-5-16-12(8-13)3-6-18(23)25-16/h3-9H,1-2H3,(H,22,24). The number of furan rings is 1. The molecule has 1 amide bonds. The van der Waals surface area contributed by atoms with Gasteiger partial charge in [-0.15, -0.1) is 0 Å². The van der Waals surface area contributed by atoms with Crippen molar-refractivity contribution in [1.82, 2.24) is 0 Å². The summed E-state index contributed by atoms with van der Waals surface area (Å²) in [6, 6.07) is 11.6. The van der Waals surface area contributed by atoms with Crippen LogP contribution in [0.25, 0.3) is 21.9 Å². The van der Waals surface area contributed by atoms with E-state index < -0.39 is 5.63 Å². The number of halogens is 1. The molecule has 0 aliphatic rings. The number of rotatable bonds is 2. The van der Waals surface area contributed by atoms with Crippen LogP contribution in [-0.4, -0.2) is 5.91 Å². The van der Waals surface area contributed by atoms with Gasteiger partial charge in [0.15, 0.2) is 5.76 Å². The van der Waals surface area contributed by atoms with E-state index in [2.05, 4.69) is 5.32 Å². The fraction of sp³-hybridized carbons (Fsp3) is 0.100. The Bertz CT molecular complexity index is 1240. The highest BCUT2D eigenvalue weighted by atomic mass is 35.5. The van der Waals surface area contributed by atoms with E-state index in [1.807, 2.05) is 19.9 Å². The van der Waals surface area contributed by atoms with Gasteiger partial charge in [-0.2, -0.15) is 0 Å². The van der Waals surface area contributed by atoms with Gasteiger partial charge >= 0.3 is 5.63 Å². The molecule has 0 fully saturated rings. The molecule has 0 spiro atoms. The van der Waals surface area contributed by atoms with Crippen LogP contribution in [-0.2, 0) is 0 Å². The van der Waals surface area contributed by atoms with Gasteiger partial charge in [0.2, 0.25) is 0 Å². The van der Waals surface area contributed by atoms with Crippen molar-refractivity contribution >= 4 is 45.1 Å². The zero-order valence-corrected chi connectivity index (χ0v) is 14.8. The Morgan fingerprint density at radius 3 is 2.62 bits per heavy atom. The number of benzene rings is 2. The summed E-state index contributed by atoms with van der Waals surface area (Å²) < 4.78 is 10.8. The number of carbonyl (C=O) groups is 1. The zero-order valence-electron chi connectivity index (χ0n) is 14.1. The molecule has 26 heavy (non-hydrogen) atoms. The minimum Gasteiger partial charge on any atom is -0.451 e. The van der Waals surface area contributed by atoms with E-state index in [1.54, 1.807) is 30.3 Å². The molecule has 4 aromatic rings. The molecular formula is C20H14ClNO4. The molecule has 6 heteroatoms. The zero-order chi connectivity index (χ0) is 18.4.